The number of hydrogen-bond donors (Lipinski definition) is 4. The van der Waals surface area contributed by atoms with Gasteiger partial charge in [-0.05, 0) is 13.0 Å². The Hall–Kier alpha value is -2.04. The molecule has 3 aliphatic heterocycles. The van der Waals surface area contributed by atoms with E-state index < -0.39 is 18.0 Å². The number of nitrogens with zero attached hydrogens (tertiary/aromatic N) is 2. The van der Waals surface area contributed by atoms with Gasteiger partial charge >= 0.3 is 5.97 Å². The first-order chi connectivity index (χ1) is 12.8. The number of hydrogen-bond acceptors (Lipinski definition) is 7. The SMILES string of the molecule is CONC1=CCN(C(=N)CSC2=C(C(=O)O)N3C(=O)[C@H]([C@@H](C)O)[C@H]3C2)CC1. The maximum Gasteiger partial charge on any atom is 0.353 e. The summed E-state index contributed by atoms with van der Waals surface area (Å²) in [5.74, 6) is -1.27. The zero-order valence-electron chi connectivity index (χ0n) is 15.3. The molecule has 0 radical (unpaired) electrons. The number of carboxylic acids is 1. The maximum atomic E-state index is 12.2. The van der Waals surface area contributed by atoms with Crippen molar-refractivity contribution >= 4 is 29.5 Å². The second-order valence-electron chi connectivity index (χ2n) is 6.79. The molecule has 0 aromatic rings. The summed E-state index contributed by atoms with van der Waals surface area (Å²) in [7, 11) is 1.55. The smallest absolute Gasteiger partial charge is 0.353 e. The van der Waals surface area contributed by atoms with E-state index in [4.69, 9.17) is 10.2 Å². The van der Waals surface area contributed by atoms with Crippen molar-refractivity contribution in [3.8, 4) is 0 Å². The minimum absolute atomic E-state index is 0.00446. The number of amidine groups is 1. The van der Waals surface area contributed by atoms with E-state index in [-0.39, 0.29) is 17.6 Å². The van der Waals surface area contributed by atoms with E-state index in [1.807, 2.05) is 11.0 Å². The van der Waals surface area contributed by atoms with Crippen molar-refractivity contribution in [2.24, 2.45) is 5.92 Å². The molecule has 3 aliphatic rings. The largest absolute Gasteiger partial charge is 0.477 e. The lowest BCUT2D eigenvalue weighted by atomic mass is 9.83. The second-order valence-corrected chi connectivity index (χ2v) is 7.86. The number of aliphatic hydroxyl groups excluding tert-OH is 1. The molecule has 10 heteroatoms. The van der Waals surface area contributed by atoms with Crippen molar-refractivity contribution in [2.75, 3.05) is 26.0 Å². The van der Waals surface area contributed by atoms with Crippen LogP contribution in [-0.4, -0.2) is 75.8 Å². The van der Waals surface area contributed by atoms with Crippen LogP contribution >= 0.6 is 11.8 Å². The highest BCUT2D eigenvalue weighted by Gasteiger charge is 2.56. The maximum absolute atomic E-state index is 12.2. The molecule has 0 unspecified atom stereocenters. The number of aliphatic hydroxyl groups is 1. The topological polar surface area (TPSA) is 126 Å². The fourth-order valence-electron chi connectivity index (χ4n) is 3.74. The third kappa shape index (κ3) is 3.69. The molecule has 4 N–H and O–H groups in total. The van der Waals surface area contributed by atoms with Gasteiger partial charge in [0.1, 0.15) is 11.5 Å². The van der Waals surface area contributed by atoms with Crippen LogP contribution < -0.4 is 5.48 Å². The monoisotopic (exact) mass is 396 g/mol. The standard InChI is InChI=1S/C17H24N4O5S/c1-9(22)14-11-7-12(15(17(24)25)21(11)16(14)23)27-8-13(18)20-5-3-10(4-6-20)19-26-2/h3,9,11,14,18-19,22H,4-8H2,1-2H3,(H,24,25)/t9-,11-,14-/m1/s1. The minimum Gasteiger partial charge on any atom is -0.477 e. The lowest BCUT2D eigenvalue weighted by Gasteiger charge is -2.44. The van der Waals surface area contributed by atoms with Crippen LogP contribution in [0.5, 0.6) is 0 Å². The van der Waals surface area contributed by atoms with E-state index in [9.17, 15) is 19.8 Å². The Balaban J connectivity index is 1.61. The van der Waals surface area contributed by atoms with Crippen molar-refractivity contribution in [1.29, 1.82) is 5.41 Å². The van der Waals surface area contributed by atoms with Crippen LogP contribution in [0.4, 0.5) is 0 Å². The lowest BCUT2D eigenvalue weighted by Crippen LogP contribution is -2.61. The third-order valence-electron chi connectivity index (χ3n) is 5.10. The van der Waals surface area contributed by atoms with Crippen LogP contribution in [0, 0.1) is 11.3 Å². The van der Waals surface area contributed by atoms with E-state index in [1.54, 1.807) is 14.0 Å². The van der Waals surface area contributed by atoms with Crippen molar-refractivity contribution in [3.05, 3.63) is 22.4 Å². The van der Waals surface area contributed by atoms with Crippen molar-refractivity contribution in [2.45, 2.75) is 31.9 Å². The molecule has 0 aromatic heterocycles. The number of carbonyl (C=O) groups excluding carboxylic acids is 1. The predicted molar refractivity (Wildman–Crippen MR) is 99.7 cm³/mol. The molecule has 0 aliphatic carbocycles. The summed E-state index contributed by atoms with van der Waals surface area (Å²) >= 11 is 1.29. The first-order valence-corrected chi connectivity index (χ1v) is 9.74. The van der Waals surface area contributed by atoms with Crippen LogP contribution in [0.3, 0.4) is 0 Å². The molecule has 1 amide bonds. The first kappa shape index (κ1) is 19.7. The number of rotatable bonds is 7. The van der Waals surface area contributed by atoms with Gasteiger partial charge in [0.25, 0.3) is 0 Å². The molecule has 0 saturated carbocycles. The van der Waals surface area contributed by atoms with E-state index in [1.165, 1.54) is 16.7 Å². The van der Waals surface area contributed by atoms with Gasteiger partial charge in [-0.25, -0.2) is 4.79 Å². The Morgan fingerprint density at radius 3 is 2.85 bits per heavy atom. The summed E-state index contributed by atoms with van der Waals surface area (Å²) in [4.78, 5) is 32.5. The Labute approximate surface area is 161 Å². The Kier molecular flexibility index (Phi) is 5.78. The summed E-state index contributed by atoms with van der Waals surface area (Å²) in [6, 6.07) is -0.291. The number of carbonyl (C=O) groups is 2. The van der Waals surface area contributed by atoms with Crippen molar-refractivity contribution in [3.63, 3.8) is 0 Å². The lowest BCUT2D eigenvalue weighted by molar-refractivity contribution is -0.161. The van der Waals surface area contributed by atoms with Gasteiger partial charge in [0, 0.05) is 36.5 Å². The molecular formula is C17H24N4O5S. The number of nitrogens with one attached hydrogen (secondary N) is 2. The van der Waals surface area contributed by atoms with Crippen molar-refractivity contribution in [1.82, 2.24) is 15.3 Å². The van der Waals surface area contributed by atoms with E-state index >= 15 is 0 Å². The average Bonchev–Trinajstić information content (AvgIpc) is 2.94. The zero-order valence-corrected chi connectivity index (χ0v) is 16.1. The Morgan fingerprint density at radius 1 is 1.56 bits per heavy atom. The minimum atomic E-state index is -1.14. The highest BCUT2D eigenvalue weighted by molar-refractivity contribution is 8.03. The van der Waals surface area contributed by atoms with Gasteiger partial charge in [-0.15, -0.1) is 11.8 Å². The van der Waals surface area contributed by atoms with Gasteiger partial charge in [0.2, 0.25) is 5.91 Å². The predicted octanol–water partition coefficient (Wildman–Crippen LogP) is 0.345. The number of amides is 1. The fourth-order valence-corrected chi connectivity index (χ4v) is 4.85. The van der Waals surface area contributed by atoms with Crippen molar-refractivity contribution < 1.29 is 24.6 Å². The molecule has 0 aromatic carbocycles. The number of thioether (sulfide) groups is 1. The zero-order chi connectivity index (χ0) is 19.7. The molecule has 27 heavy (non-hydrogen) atoms. The van der Waals surface area contributed by atoms with E-state index in [0.717, 1.165) is 12.1 Å². The van der Waals surface area contributed by atoms with E-state index in [2.05, 4.69) is 5.48 Å². The van der Waals surface area contributed by atoms with E-state index in [0.29, 0.717) is 36.0 Å². The highest BCUT2D eigenvalue weighted by atomic mass is 32.2. The highest BCUT2D eigenvalue weighted by Crippen LogP contribution is 2.47. The molecule has 0 spiro atoms. The molecule has 3 atom stereocenters. The number of hydroxylamine groups is 1. The molecule has 1 fully saturated rings. The van der Waals surface area contributed by atoms with Crippen LogP contribution in [0.2, 0.25) is 0 Å². The number of fused-ring (bicyclic) bond motifs is 1. The van der Waals surface area contributed by atoms with Gasteiger partial charge in [0.05, 0.1) is 30.9 Å². The van der Waals surface area contributed by atoms with Gasteiger partial charge in [0.15, 0.2) is 0 Å². The van der Waals surface area contributed by atoms with Gasteiger partial charge in [-0.3, -0.25) is 20.5 Å². The summed E-state index contributed by atoms with van der Waals surface area (Å²) in [6.45, 7) is 2.83. The molecule has 3 heterocycles. The quantitative estimate of drug-likeness (QED) is 0.210. The average molecular weight is 396 g/mol. The van der Waals surface area contributed by atoms with Crippen LogP contribution in [0.15, 0.2) is 22.4 Å². The van der Waals surface area contributed by atoms with Crippen LogP contribution in [0.25, 0.3) is 0 Å². The summed E-state index contributed by atoms with van der Waals surface area (Å²) in [6.07, 6.45) is 2.32. The molecule has 9 nitrogen and oxygen atoms in total. The van der Waals surface area contributed by atoms with Crippen LogP contribution in [0.1, 0.15) is 19.8 Å². The first-order valence-electron chi connectivity index (χ1n) is 8.76. The summed E-state index contributed by atoms with van der Waals surface area (Å²) < 4.78 is 0. The normalized spacial score (nSPS) is 25.7. The third-order valence-corrected chi connectivity index (χ3v) is 6.22. The summed E-state index contributed by atoms with van der Waals surface area (Å²) in [5, 5.41) is 27.6. The molecular weight excluding hydrogens is 372 g/mol. The molecule has 1 saturated heterocycles. The number of aliphatic carboxylic acids is 1. The second kappa shape index (κ2) is 7.91. The number of carboxylic acid groups (broad SMARTS) is 1. The molecule has 0 bridgehead atoms. The van der Waals surface area contributed by atoms with Crippen LogP contribution in [-0.2, 0) is 14.4 Å². The van der Waals surface area contributed by atoms with Gasteiger partial charge < -0.3 is 20.0 Å². The molecule has 3 rings (SSSR count). The Morgan fingerprint density at radius 2 is 2.30 bits per heavy atom. The number of β-lactam (4-membered cyclic amide) rings is 1. The van der Waals surface area contributed by atoms with Gasteiger partial charge in [-0.2, -0.15) is 0 Å². The fraction of sp³-hybridized carbons (Fsp3) is 0.588. The van der Waals surface area contributed by atoms with Gasteiger partial charge in [-0.1, -0.05) is 0 Å². The molecule has 148 valence electrons. The Bertz CT molecular complexity index is 720. The summed E-state index contributed by atoms with van der Waals surface area (Å²) in [5.41, 5.74) is 3.79.